The molecule has 0 saturated heterocycles. The van der Waals surface area contributed by atoms with Crippen LogP contribution in [-0.2, 0) is 0 Å². The minimum Gasteiger partial charge on any atom is -0.290 e. The molecule has 0 rings (SSSR count). The summed E-state index contributed by atoms with van der Waals surface area (Å²) in [6, 6.07) is 0. The van der Waals surface area contributed by atoms with E-state index in [1.165, 1.54) is 16.7 Å². The molecule has 0 saturated carbocycles. The van der Waals surface area contributed by atoms with Crippen molar-refractivity contribution in [1.82, 2.24) is 0 Å². The molecule has 0 aliphatic carbocycles. The van der Waals surface area contributed by atoms with Crippen LogP contribution in [0.25, 0.3) is 0 Å². The predicted molar refractivity (Wildman–Crippen MR) is 98.8 cm³/mol. The number of allylic oxidation sites excluding steroid dienone is 9. The average molecular weight is 430 g/mol. The first-order valence-corrected chi connectivity index (χ1v) is 7.10. The van der Waals surface area contributed by atoms with E-state index in [9.17, 15) is 0 Å². The van der Waals surface area contributed by atoms with Gasteiger partial charge in [0.2, 0.25) is 0 Å². The van der Waals surface area contributed by atoms with E-state index in [2.05, 4.69) is 0 Å². The molecule has 1 heteroatoms. The topological polar surface area (TPSA) is 0 Å². The van der Waals surface area contributed by atoms with E-state index in [4.69, 9.17) is 19.7 Å². The van der Waals surface area contributed by atoms with Crippen molar-refractivity contribution >= 4 is 0 Å². The van der Waals surface area contributed by atoms with Gasteiger partial charge in [0.15, 0.2) is 0 Å². The van der Waals surface area contributed by atoms with E-state index in [0.717, 1.165) is 16.7 Å². The van der Waals surface area contributed by atoms with Gasteiger partial charge >= 0.3 is 40.8 Å². The summed E-state index contributed by atoms with van der Waals surface area (Å²) < 4.78 is 0. The SMILES string of the molecule is [CH-]=C(C)C=C(C)C.[CH-]=C(C)C=C(C)C.[CH-]=C(C)C=C(C)C.[Nd+3]. The maximum absolute atomic E-state index is 5.33. The molecule has 22 heavy (non-hydrogen) atoms. The second-order valence-electron chi connectivity index (χ2n) is 5.90. The molecule has 0 aliphatic rings. The number of hydrogen-bond donors (Lipinski definition) is 0. The summed E-state index contributed by atoms with van der Waals surface area (Å²) in [5, 5.41) is 0. The maximum atomic E-state index is 5.33. The van der Waals surface area contributed by atoms with Gasteiger partial charge in [0, 0.05) is 0 Å². The molecule has 0 heterocycles. The van der Waals surface area contributed by atoms with Crippen LogP contribution < -0.4 is 0 Å². The Morgan fingerprint density at radius 1 is 0.455 bits per heavy atom. The van der Waals surface area contributed by atoms with Gasteiger partial charge < -0.3 is 0 Å². The Morgan fingerprint density at radius 2 is 0.591 bits per heavy atom. The Morgan fingerprint density at radius 3 is 0.591 bits per heavy atom. The summed E-state index contributed by atoms with van der Waals surface area (Å²) >= 11 is 0. The molecule has 0 aliphatic heterocycles. The van der Waals surface area contributed by atoms with Crippen LogP contribution in [0.2, 0.25) is 0 Å². The Hall–Kier alpha value is -0.209. The van der Waals surface area contributed by atoms with E-state index in [-0.39, 0.29) is 40.8 Å². The van der Waals surface area contributed by atoms with E-state index in [0.29, 0.717) is 0 Å². The average Bonchev–Trinajstić information content (AvgIpc) is 2.10. The summed E-state index contributed by atoms with van der Waals surface area (Å²) in [7, 11) is 0. The molecular weight excluding hydrogens is 396 g/mol. The predicted octanol–water partition coefficient (Wildman–Crippen LogP) is 7.00. The summed E-state index contributed by atoms with van der Waals surface area (Å²) in [5.41, 5.74) is 6.38. The summed E-state index contributed by atoms with van der Waals surface area (Å²) in [5.74, 6) is 0. The molecular formula is C21H33Nd. The van der Waals surface area contributed by atoms with E-state index < -0.39 is 0 Å². The minimum absolute atomic E-state index is 0. The van der Waals surface area contributed by atoms with Gasteiger partial charge in [0.05, 0.1) is 0 Å². The van der Waals surface area contributed by atoms with Crippen LogP contribution in [0.15, 0.2) is 51.7 Å². The van der Waals surface area contributed by atoms with Crippen molar-refractivity contribution in [2.45, 2.75) is 62.3 Å². The Balaban J connectivity index is -0.000000108. The van der Waals surface area contributed by atoms with Gasteiger partial charge in [-0.1, -0.05) is 62.3 Å². The molecule has 0 fully saturated rings. The van der Waals surface area contributed by atoms with Crippen molar-refractivity contribution in [1.29, 1.82) is 0 Å². The van der Waals surface area contributed by atoms with Crippen LogP contribution >= 0.6 is 0 Å². The van der Waals surface area contributed by atoms with Crippen LogP contribution in [0.1, 0.15) is 62.3 Å². The zero-order valence-electron chi connectivity index (χ0n) is 16.0. The standard InChI is InChI=1S/3C7H11.Nd/c3*1-6(2)5-7(3)4;/h3*1,5H,2-4H3;/q3*-1;+3. The third-order valence-electron chi connectivity index (χ3n) is 1.55. The zero-order valence-corrected chi connectivity index (χ0v) is 19.2. The third kappa shape index (κ3) is 50.3. The summed E-state index contributed by atoms with van der Waals surface area (Å²) in [6.45, 7) is 33.8. The Labute approximate surface area is 173 Å². The Kier molecular flexibility index (Phi) is 25.5. The monoisotopic (exact) mass is 427 g/mol. The van der Waals surface area contributed by atoms with Crippen molar-refractivity contribution < 1.29 is 40.8 Å². The molecule has 0 unspecified atom stereocenters. The molecule has 0 nitrogen and oxygen atoms in total. The van der Waals surface area contributed by atoms with Gasteiger partial charge in [-0.25, -0.2) is 34.9 Å². The molecule has 0 aromatic rings. The molecule has 0 atom stereocenters. The molecule has 0 aromatic heterocycles. The number of rotatable bonds is 3. The maximum Gasteiger partial charge on any atom is 3.00 e. The zero-order chi connectivity index (χ0) is 17.6. The number of hydrogen-bond acceptors (Lipinski definition) is 0. The molecule has 1 radical (unpaired) electrons. The largest absolute Gasteiger partial charge is 3.00 e. The van der Waals surface area contributed by atoms with Crippen molar-refractivity contribution in [2.75, 3.05) is 0 Å². The van der Waals surface area contributed by atoms with Gasteiger partial charge in [-0.15, -0.1) is 0 Å². The van der Waals surface area contributed by atoms with Crippen molar-refractivity contribution in [3.05, 3.63) is 71.4 Å². The first-order chi connectivity index (χ1) is 9.38. The second-order valence-corrected chi connectivity index (χ2v) is 5.90. The summed E-state index contributed by atoms with van der Waals surface area (Å²) in [6.07, 6.45) is 5.83. The van der Waals surface area contributed by atoms with Crippen LogP contribution in [0.4, 0.5) is 0 Å². The Bertz CT molecular complexity index is 350. The second kappa shape index (κ2) is 18.8. The van der Waals surface area contributed by atoms with Crippen LogP contribution in [0.5, 0.6) is 0 Å². The van der Waals surface area contributed by atoms with Gasteiger partial charge in [0.1, 0.15) is 0 Å². The van der Waals surface area contributed by atoms with Crippen molar-refractivity contribution in [3.63, 3.8) is 0 Å². The quantitative estimate of drug-likeness (QED) is 0.335. The van der Waals surface area contributed by atoms with Gasteiger partial charge in [-0.05, 0) is 0 Å². The van der Waals surface area contributed by atoms with E-state index in [1.54, 1.807) is 0 Å². The molecule has 0 aromatic carbocycles. The molecule has 0 amide bonds. The summed E-state index contributed by atoms with van der Waals surface area (Å²) in [4.78, 5) is 0. The van der Waals surface area contributed by atoms with E-state index >= 15 is 0 Å². The van der Waals surface area contributed by atoms with E-state index in [1.807, 2.05) is 80.5 Å². The molecule has 121 valence electrons. The van der Waals surface area contributed by atoms with Crippen LogP contribution in [-0.4, -0.2) is 0 Å². The molecule has 0 N–H and O–H groups in total. The van der Waals surface area contributed by atoms with Crippen molar-refractivity contribution in [3.8, 4) is 0 Å². The van der Waals surface area contributed by atoms with Crippen molar-refractivity contribution in [2.24, 2.45) is 0 Å². The smallest absolute Gasteiger partial charge is 0.290 e. The first kappa shape index (κ1) is 29.8. The van der Waals surface area contributed by atoms with Gasteiger partial charge in [-0.2, -0.15) is 16.7 Å². The van der Waals surface area contributed by atoms with Crippen LogP contribution in [0.3, 0.4) is 0 Å². The molecule has 0 spiro atoms. The fourth-order valence-electron chi connectivity index (χ4n) is 1.37. The fourth-order valence-corrected chi connectivity index (χ4v) is 1.37. The first-order valence-electron chi connectivity index (χ1n) is 7.10. The molecule has 0 bridgehead atoms. The fraction of sp³-hybridized carbons (Fsp3) is 0.429. The third-order valence-corrected chi connectivity index (χ3v) is 1.55. The minimum atomic E-state index is 0. The van der Waals surface area contributed by atoms with Gasteiger partial charge in [0.25, 0.3) is 0 Å². The normalized spacial score (nSPS) is 7.50. The van der Waals surface area contributed by atoms with Crippen LogP contribution in [0, 0.1) is 60.6 Å². The van der Waals surface area contributed by atoms with Gasteiger partial charge in [-0.3, -0.25) is 19.7 Å².